The highest BCUT2D eigenvalue weighted by Gasteiger charge is 2.20. The minimum absolute atomic E-state index is 0.385. The molecule has 0 amide bonds. The molecule has 0 aromatic carbocycles. The zero-order chi connectivity index (χ0) is 9.68. The van der Waals surface area contributed by atoms with E-state index in [2.05, 4.69) is 24.3 Å². The topological polar surface area (TPSA) is 41.3 Å². The maximum Gasteiger partial charge on any atom is 0.0219 e. The van der Waals surface area contributed by atoms with Crippen LogP contribution in [0.2, 0.25) is 0 Å². The summed E-state index contributed by atoms with van der Waals surface area (Å²) in [5.41, 5.74) is 6.02. The molecule has 0 aromatic heterocycles. The first kappa shape index (κ1) is 11.0. The zero-order valence-corrected chi connectivity index (χ0v) is 8.92. The Morgan fingerprint density at radius 3 is 2.62 bits per heavy atom. The molecule has 1 aliphatic rings. The van der Waals surface area contributed by atoms with Crippen molar-refractivity contribution in [1.29, 1.82) is 0 Å². The van der Waals surface area contributed by atoms with Crippen molar-refractivity contribution in [3.63, 3.8) is 0 Å². The maximum absolute atomic E-state index is 6.02. The summed E-state index contributed by atoms with van der Waals surface area (Å²) in [6, 6.07) is 0.949. The summed E-state index contributed by atoms with van der Waals surface area (Å²) >= 11 is 0. The molecular weight excluding hydrogens is 162 g/mol. The highest BCUT2D eigenvalue weighted by atomic mass is 15.1. The van der Waals surface area contributed by atoms with Gasteiger partial charge in [-0.15, -0.1) is 0 Å². The Bertz CT molecular complexity index is 136. The number of hydrogen-bond donors (Lipinski definition) is 2. The van der Waals surface area contributed by atoms with E-state index in [9.17, 15) is 0 Å². The van der Waals surface area contributed by atoms with Crippen LogP contribution >= 0.6 is 0 Å². The van der Waals surface area contributed by atoms with Crippen molar-refractivity contribution in [1.82, 2.24) is 10.2 Å². The van der Waals surface area contributed by atoms with Crippen molar-refractivity contribution in [2.45, 2.75) is 37.8 Å². The summed E-state index contributed by atoms with van der Waals surface area (Å²) in [6.07, 6.45) is 5.11. The van der Waals surface area contributed by atoms with E-state index in [-0.39, 0.29) is 0 Å². The SMILES string of the molecule is CN(C)CCN[C@H]1CCCC[C@@H]1N. The van der Waals surface area contributed by atoms with E-state index in [0.29, 0.717) is 12.1 Å². The van der Waals surface area contributed by atoms with Crippen LogP contribution in [0, 0.1) is 0 Å². The minimum atomic E-state index is 0.385. The van der Waals surface area contributed by atoms with Crippen molar-refractivity contribution in [2.75, 3.05) is 27.2 Å². The van der Waals surface area contributed by atoms with Crippen molar-refractivity contribution < 1.29 is 0 Å². The molecule has 0 aromatic rings. The molecule has 0 saturated heterocycles. The van der Waals surface area contributed by atoms with Gasteiger partial charge in [-0.3, -0.25) is 0 Å². The standard InChI is InChI=1S/C10H23N3/c1-13(2)8-7-12-10-6-4-3-5-9(10)11/h9-10,12H,3-8,11H2,1-2H3/t9-,10-/m0/s1. The summed E-state index contributed by atoms with van der Waals surface area (Å²) in [4.78, 5) is 2.20. The van der Waals surface area contributed by atoms with Gasteiger partial charge < -0.3 is 16.0 Å². The van der Waals surface area contributed by atoms with Crippen LogP contribution in [0.15, 0.2) is 0 Å². The molecular formula is C10H23N3. The second kappa shape index (κ2) is 5.58. The number of rotatable bonds is 4. The van der Waals surface area contributed by atoms with Gasteiger partial charge in [0.25, 0.3) is 0 Å². The van der Waals surface area contributed by atoms with E-state index in [0.717, 1.165) is 13.1 Å². The molecule has 0 radical (unpaired) electrons. The summed E-state index contributed by atoms with van der Waals surface area (Å²) < 4.78 is 0. The molecule has 13 heavy (non-hydrogen) atoms. The first-order valence-electron chi connectivity index (χ1n) is 5.34. The molecule has 3 nitrogen and oxygen atoms in total. The van der Waals surface area contributed by atoms with Crippen LogP contribution in [0.25, 0.3) is 0 Å². The van der Waals surface area contributed by atoms with E-state index in [1.807, 2.05) is 0 Å². The molecule has 0 spiro atoms. The van der Waals surface area contributed by atoms with Crippen molar-refractivity contribution in [3.8, 4) is 0 Å². The predicted molar refractivity (Wildman–Crippen MR) is 56.8 cm³/mol. The fourth-order valence-corrected chi connectivity index (χ4v) is 1.89. The van der Waals surface area contributed by atoms with Gasteiger partial charge >= 0.3 is 0 Å². The number of hydrogen-bond acceptors (Lipinski definition) is 3. The van der Waals surface area contributed by atoms with E-state index >= 15 is 0 Å². The Labute approximate surface area is 81.7 Å². The summed E-state index contributed by atoms with van der Waals surface area (Å²) in [5, 5.41) is 3.54. The Morgan fingerprint density at radius 1 is 1.31 bits per heavy atom. The highest BCUT2D eigenvalue weighted by Crippen LogP contribution is 2.16. The van der Waals surface area contributed by atoms with Gasteiger partial charge in [-0.05, 0) is 26.9 Å². The third kappa shape index (κ3) is 4.07. The third-order valence-corrected chi connectivity index (χ3v) is 2.78. The smallest absolute Gasteiger partial charge is 0.0219 e. The molecule has 0 bridgehead atoms. The number of nitrogens with zero attached hydrogens (tertiary/aromatic N) is 1. The summed E-state index contributed by atoms with van der Waals surface area (Å²) in [6.45, 7) is 2.16. The van der Waals surface area contributed by atoms with Crippen LogP contribution < -0.4 is 11.1 Å². The first-order chi connectivity index (χ1) is 6.20. The lowest BCUT2D eigenvalue weighted by molar-refractivity contribution is 0.309. The largest absolute Gasteiger partial charge is 0.326 e. The predicted octanol–water partition coefficient (Wildman–Crippen LogP) is 0.408. The molecule has 2 atom stereocenters. The second-order valence-electron chi connectivity index (χ2n) is 4.31. The Kier molecular flexibility index (Phi) is 4.70. The average Bonchev–Trinajstić information content (AvgIpc) is 2.08. The Hall–Kier alpha value is -0.120. The number of nitrogens with one attached hydrogen (secondary N) is 1. The van der Waals surface area contributed by atoms with Gasteiger partial charge in [0.15, 0.2) is 0 Å². The highest BCUT2D eigenvalue weighted by molar-refractivity contribution is 4.83. The molecule has 3 N–H and O–H groups in total. The zero-order valence-electron chi connectivity index (χ0n) is 8.92. The van der Waals surface area contributed by atoms with Gasteiger partial charge in [-0.2, -0.15) is 0 Å². The summed E-state index contributed by atoms with van der Waals surface area (Å²) in [5.74, 6) is 0. The molecule has 0 unspecified atom stereocenters. The maximum atomic E-state index is 6.02. The lowest BCUT2D eigenvalue weighted by Crippen LogP contribution is -2.48. The summed E-state index contributed by atoms with van der Waals surface area (Å²) in [7, 11) is 4.20. The van der Waals surface area contributed by atoms with E-state index in [4.69, 9.17) is 5.73 Å². The van der Waals surface area contributed by atoms with Gasteiger partial charge in [0.2, 0.25) is 0 Å². The van der Waals surface area contributed by atoms with Crippen LogP contribution in [0.1, 0.15) is 25.7 Å². The molecule has 0 heterocycles. The monoisotopic (exact) mass is 185 g/mol. The molecule has 1 fully saturated rings. The Balaban J connectivity index is 2.11. The fraction of sp³-hybridized carbons (Fsp3) is 1.00. The normalized spacial score (nSPS) is 29.5. The molecule has 1 saturated carbocycles. The van der Waals surface area contributed by atoms with Gasteiger partial charge in [0.1, 0.15) is 0 Å². The van der Waals surface area contributed by atoms with Crippen molar-refractivity contribution in [2.24, 2.45) is 5.73 Å². The fourth-order valence-electron chi connectivity index (χ4n) is 1.89. The van der Waals surface area contributed by atoms with Gasteiger partial charge in [-0.25, -0.2) is 0 Å². The van der Waals surface area contributed by atoms with E-state index in [1.165, 1.54) is 25.7 Å². The first-order valence-corrected chi connectivity index (χ1v) is 5.34. The van der Waals surface area contributed by atoms with Gasteiger partial charge in [0, 0.05) is 25.2 Å². The van der Waals surface area contributed by atoms with E-state index in [1.54, 1.807) is 0 Å². The minimum Gasteiger partial charge on any atom is -0.326 e. The molecule has 1 rings (SSSR count). The van der Waals surface area contributed by atoms with Crippen LogP contribution in [-0.2, 0) is 0 Å². The number of likely N-dealkylation sites (N-methyl/N-ethyl adjacent to an activating group) is 1. The van der Waals surface area contributed by atoms with Crippen molar-refractivity contribution >= 4 is 0 Å². The second-order valence-corrected chi connectivity index (χ2v) is 4.31. The third-order valence-electron chi connectivity index (χ3n) is 2.78. The van der Waals surface area contributed by atoms with Crippen molar-refractivity contribution in [3.05, 3.63) is 0 Å². The Morgan fingerprint density at radius 2 is 2.00 bits per heavy atom. The van der Waals surface area contributed by atoms with Crippen LogP contribution in [-0.4, -0.2) is 44.2 Å². The van der Waals surface area contributed by atoms with Crippen LogP contribution in [0.3, 0.4) is 0 Å². The lowest BCUT2D eigenvalue weighted by atomic mass is 9.91. The van der Waals surface area contributed by atoms with E-state index < -0.39 is 0 Å². The molecule has 0 aliphatic heterocycles. The molecule has 78 valence electrons. The van der Waals surface area contributed by atoms with Crippen LogP contribution in [0.5, 0.6) is 0 Å². The number of nitrogens with two attached hydrogens (primary N) is 1. The molecule has 1 aliphatic carbocycles. The molecule has 3 heteroatoms. The lowest BCUT2D eigenvalue weighted by Gasteiger charge is -2.29. The van der Waals surface area contributed by atoms with Gasteiger partial charge in [0.05, 0.1) is 0 Å². The van der Waals surface area contributed by atoms with Crippen LogP contribution in [0.4, 0.5) is 0 Å². The quantitative estimate of drug-likeness (QED) is 0.666. The van der Waals surface area contributed by atoms with Gasteiger partial charge in [-0.1, -0.05) is 12.8 Å². The average molecular weight is 185 g/mol.